The van der Waals surface area contributed by atoms with Gasteiger partial charge in [0.05, 0.1) is 22.3 Å². The molecule has 2 aliphatic rings. The molecule has 11 rings (SSSR count). The molecule has 9 aromatic rings. The first-order chi connectivity index (χ1) is 36.6. The van der Waals surface area contributed by atoms with Crippen LogP contribution < -0.4 is 18.9 Å². The zero-order valence-electron chi connectivity index (χ0n) is 47.2. The Morgan fingerprint density at radius 3 is 0.641 bits per heavy atom. The summed E-state index contributed by atoms with van der Waals surface area (Å²) in [4.78, 5) is 57.0. The first-order valence-electron chi connectivity index (χ1n) is 26.6. The quantitative estimate of drug-likeness (QED) is 0.0629. The third-order valence-electron chi connectivity index (χ3n) is 14.2. The van der Waals surface area contributed by atoms with E-state index in [1.54, 1.807) is 24.3 Å². The molecule has 78 heavy (non-hydrogen) atoms. The number of hydrogen-bond acceptors (Lipinski definition) is 10. The van der Waals surface area contributed by atoms with Gasteiger partial charge in [0.2, 0.25) is 0 Å². The van der Waals surface area contributed by atoms with Crippen molar-refractivity contribution in [2.75, 3.05) is 0 Å². The van der Waals surface area contributed by atoms with Crippen molar-refractivity contribution < 1.29 is 47.6 Å². The second-order valence-electron chi connectivity index (χ2n) is 25.3. The van der Waals surface area contributed by atoms with E-state index < -0.39 is 23.9 Å². The highest BCUT2D eigenvalue weighted by molar-refractivity contribution is 6.43. The molecule has 0 spiro atoms. The van der Waals surface area contributed by atoms with Crippen LogP contribution in [0.4, 0.5) is 0 Å². The van der Waals surface area contributed by atoms with Crippen LogP contribution >= 0.6 is 0 Å². The lowest BCUT2D eigenvalue weighted by Crippen LogP contribution is -2.21. The summed E-state index contributed by atoms with van der Waals surface area (Å²) in [7, 11) is 0. The molecule has 0 atom stereocenters. The fourth-order valence-corrected chi connectivity index (χ4v) is 10.1. The van der Waals surface area contributed by atoms with Crippen molar-refractivity contribution >= 4 is 67.0 Å². The zero-order chi connectivity index (χ0) is 56.1. The van der Waals surface area contributed by atoms with Gasteiger partial charge in [-0.15, -0.1) is 0 Å². The first-order valence-corrected chi connectivity index (χ1v) is 26.6. The van der Waals surface area contributed by atoms with Gasteiger partial charge in [0, 0.05) is 43.1 Å². The highest BCUT2D eigenvalue weighted by atomic mass is 16.6. The summed E-state index contributed by atoms with van der Waals surface area (Å²) in [6, 6.07) is 37.2. The Labute approximate surface area is 455 Å². The van der Waals surface area contributed by atoms with E-state index in [4.69, 9.17) is 28.4 Å². The van der Waals surface area contributed by atoms with Crippen molar-refractivity contribution in [3.05, 3.63) is 166 Å². The number of carbonyl (C=O) groups excluding carboxylic acids is 4. The molecule has 0 saturated heterocycles. The van der Waals surface area contributed by atoms with Gasteiger partial charge < -0.3 is 28.4 Å². The fourth-order valence-electron chi connectivity index (χ4n) is 10.1. The summed E-state index contributed by atoms with van der Waals surface area (Å²) in [6.45, 7) is 32.0. The van der Waals surface area contributed by atoms with E-state index in [1.807, 2.05) is 97.1 Å². The summed E-state index contributed by atoms with van der Waals surface area (Å²) in [5.41, 5.74) is 3.97. The van der Waals surface area contributed by atoms with Crippen molar-refractivity contribution in [1.82, 2.24) is 0 Å². The number of esters is 4. The van der Waals surface area contributed by atoms with Gasteiger partial charge in [0.25, 0.3) is 0 Å². The van der Waals surface area contributed by atoms with E-state index in [2.05, 4.69) is 104 Å². The lowest BCUT2D eigenvalue weighted by molar-refractivity contribution is 0.0373. The number of ether oxygens (including phenoxy) is 6. The Morgan fingerprint density at radius 1 is 0.295 bits per heavy atom. The smallest absolute Gasteiger partial charge is 0.346 e. The van der Waals surface area contributed by atoms with E-state index in [0.29, 0.717) is 55.3 Å². The normalized spacial score (nSPS) is 13.7. The molecule has 0 amide bonds. The second-order valence-corrected chi connectivity index (χ2v) is 25.3. The number of hydrogen-bond donors (Lipinski definition) is 0. The second kappa shape index (κ2) is 19.0. The number of benzene rings is 9. The SMILES string of the molecule is CC(C)(C)c1ccc(Oc2cc3c4c(cc(Oc5ccc(C(C)(C)C)cc5)c5c6c(Oc7ccc(C(C)(C)C)cc7)cc7c8c(cc(Oc9ccc(C(C)(C)C)cc9)c(c2c45)c86)C(=O)OC7=O)C(=O)OC3=O)cc1.CC(C)C. The molecular formula is C68H66O10. The average molecular weight is 1040 g/mol. The van der Waals surface area contributed by atoms with Crippen molar-refractivity contribution in [2.24, 2.45) is 5.92 Å². The molecule has 0 unspecified atom stereocenters. The molecule has 0 saturated carbocycles. The van der Waals surface area contributed by atoms with Crippen LogP contribution in [-0.2, 0) is 31.1 Å². The zero-order valence-corrected chi connectivity index (χ0v) is 47.2. The summed E-state index contributed by atoms with van der Waals surface area (Å²) >= 11 is 0. The van der Waals surface area contributed by atoms with Crippen molar-refractivity contribution in [3.63, 3.8) is 0 Å². The molecule has 0 radical (unpaired) electrons. The van der Waals surface area contributed by atoms with Crippen LogP contribution in [0.3, 0.4) is 0 Å². The third kappa shape index (κ3) is 9.78. The van der Waals surface area contributed by atoms with E-state index in [-0.39, 0.29) is 77.7 Å². The number of fused-ring (bicyclic) bond motifs is 2. The van der Waals surface area contributed by atoms with Gasteiger partial charge in [0.1, 0.15) is 46.0 Å². The fraction of sp³-hybridized carbons (Fsp3) is 0.294. The first kappa shape index (κ1) is 53.2. The molecular weight excluding hydrogens is 977 g/mol. The van der Waals surface area contributed by atoms with Crippen molar-refractivity contribution in [2.45, 2.75) is 126 Å². The molecule has 9 aromatic carbocycles. The lowest BCUT2D eigenvalue weighted by atomic mass is 9.82. The van der Waals surface area contributed by atoms with Gasteiger partial charge in [-0.05, 0) is 123 Å². The maximum absolute atomic E-state index is 14.2. The van der Waals surface area contributed by atoms with Crippen molar-refractivity contribution in [3.8, 4) is 46.0 Å². The Morgan fingerprint density at radius 2 is 0.474 bits per heavy atom. The van der Waals surface area contributed by atoms with Gasteiger partial charge in [0.15, 0.2) is 0 Å². The van der Waals surface area contributed by atoms with Gasteiger partial charge in [-0.3, -0.25) is 0 Å². The lowest BCUT2D eigenvalue weighted by Gasteiger charge is -2.28. The minimum Gasteiger partial charge on any atom is -0.457 e. The molecule has 10 heteroatoms. The number of cyclic esters (lactones) is 4. The molecule has 0 aliphatic carbocycles. The molecule has 0 bridgehead atoms. The Hall–Kier alpha value is -8.24. The van der Waals surface area contributed by atoms with E-state index in [9.17, 15) is 19.2 Å². The molecule has 398 valence electrons. The number of carbonyl (C=O) groups is 4. The maximum Gasteiger partial charge on any atom is 0.346 e. The summed E-state index contributed by atoms with van der Waals surface area (Å²) in [5, 5.41) is 2.99. The van der Waals surface area contributed by atoms with Gasteiger partial charge in [-0.2, -0.15) is 0 Å². The minimum absolute atomic E-state index is 0.0790. The van der Waals surface area contributed by atoms with Crippen LogP contribution in [0.15, 0.2) is 121 Å². The van der Waals surface area contributed by atoms with E-state index >= 15 is 0 Å². The number of rotatable bonds is 8. The Kier molecular flexibility index (Phi) is 13.0. The predicted molar refractivity (Wildman–Crippen MR) is 309 cm³/mol. The van der Waals surface area contributed by atoms with Gasteiger partial charge in [-0.1, -0.05) is 152 Å². The summed E-state index contributed by atoms with van der Waals surface area (Å²) in [6.07, 6.45) is 0. The van der Waals surface area contributed by atoms with Crippen molar-refractivity contribution in [1.29, 1.82) is 0 Å². The summed E-state index contributed by atoms with van der Waals surface area (Å²) < 4.78 is 38.9. The van der Waals surface area contributed by atoms with Crippen LogP contribution in [0.1, 0.15) is 168 Å². The van der Waals surface area contributed by atoms with Gasteiger partial charge in [-0.25, -0.2) is 19.2 Å². The summed E-state index contributed by atoms with van der Waals surface area (Å²) in [5.74, 6) is -0.0392. The largest absolute Gasteiger partial charge is 0.457 e. The molecule has 0 N–H and O–H groups in total. The Bertz CT molecular complexity index is 3390. The molecule has 0 fully saturated rings. The Balaban J connectivity index is 0.00000166. The molecule has 2 aliphatic heterocycles. The standard InChI is InChI=1S/C64H56O10.C4H10/c1-61(2,3)33-13-21-37(22-14-33)69-45-29-41-49-42(58(66)73-57(41)65)31-47(71-39-25-17-35(18-26-39)63(7,8)9)53-54-48(72-40-27-19-36(20-28-40)64(10,11)12)32-44-50-43(59(67)74-60(44)68)30-46(52(56(50)54)51(45)55(49)53)70-38-23-15-34(16-24-38)62(4,5)6;1-4(2)3/h13-32H,1-12H3;4H,1-3H3. The van der Waals surface area contributed by atoms with Crippen LogP contribution in [0.2, 0.25) is 0 Å². The van der Waals surface area contributed by atoms with Crippen LogP contribution in [0.5, 0.6) is 46.0 Å². The maximum atomic E-state index is 14.2. The highest BCUT2D eigenvalue weighted by Gasteiger charge is 2.39. The van der Waals surface area contributed by atoms with Crippen LogP contribution in [0, 0.1) is 5.92 Å². The average Bonchev–Trinajstić information content (AvgIpc) is 3.42. The topological polar surface area (TPSA) is 124 Å². The van der Waals surface area contributed by atoms with E-state index in [0.717, 1.165) is 28.2 Å². The molecule has 0 aromatic heterocycles. The van der Waals surface area contributed by atoms with Crippen LogP contribution in [0.25, 0.3) is 43.1 Å². The highest BCUT2D eigenvalue weighted by Crippen LogP contribution is 2.58. The minimum atomic E-state index is -0.866. The monoisotopic (exact) mass is 1040 g/mol. The molecule has 2 heterocycles. The molecule has 10 nitrogen and oxygen atoms in total. The van der Waals surface area contributed by atoms with Gasteiger partial charge >= 0.3 is 23.9 Å². The van der Waals surface area contributed by atoms with E-state index in [1.165, 1.54) is 0 Å². The predicted octanol–water partition coefficient (Wildman–Crippen LogP) is 18.4. The third-order valence-corrected chi connectivity index (χ3v) is 14.2. The van der Waals surface area contributed by atoms with Crippen LogP contribution in [-0.4, -0.2) is 23.9 Å².